The van der Waals surface area contributed by atoms with Gasteiger partial charge in [-0.3, -0.25) is 4.99 Å². The van der Waals surface area contributed by atoms with Crippen molar-refractivity contribution in [1.29, 1.82) is 0 Å². The second kappa shape index (κ2) is 8.34. The third kappa shape index (κ3) is 4.96. The number of hydrogen-bond acceptors (Lipinski definition) is 4. The third-order valence-corrected chi connectivity index (χ3v) is 4.39. The Morgan fingerprint density at radius 2 is 2.00 bits per heavy atom. The maximum Gasteiger partial charge on any atom is 0.132 e. The lowest BCUT2D eigenvalue weighted by Gasteiger charge is -2.36. The Morgan fingerprint density at radius 1 is 1.22 bits per heavy atom. The van der Waals surface area contributed by atoms with Crippen molar-refractivity contribution in [2.45, 2.75) is 64.4 Å². The molecule has 1 aromatic rings. The second-order valence-corrected chi connectivity index (χ2v) is 6.63. The van der Waals surface area contributed by atoms with Crippen molar-refractivity contribution >= 4 is 5.71 Å². The van der Waals surface area contributed by atoms with Gasteiger partial charge >= 0.3 is 0 Å². The average molecular weight is 319 g/mol. The first-order chi connectivity index (χ1) is 11.1. The van der Waals surface area contributed by atoms with Crippen molar-refractivity contribution in [2.75, 3.05) is 13.2 Å². The minimum Gasteiger partial charge on any atom is -0.508 e. The van der Waals surface area contributed by atoms with E-state index >= 15 is 0 Å². The highest BCUT2D eigenvalue weighted by atomic mass is 16.5. The Balaban J connectivity index is 2.11. The van der Waals surface area contributed by atoms with Gasteiger partial charge < -0.3 is 14.9 Å². The molecule has 0 amide bonds. The molecular formula is C19H29NO3. The Bertz CT molecular complexity index is 541. The number of aliphatic hydroxyl groups is 1. The number of hydrogen-bond donors (Lipinski definition) is 2. The summed E-state index contributed by atoms with van der Waals surface area (Å²) in [5, 5.41) is 18.8. The standard InChI is InChI=1S/C19H29NO3/c1-3-4-5-6-7-10-19(2)14-17(20-11-12-21)16-9-8-15(22)13-18(16)23-19/h8-9,13,21-22H,3-7,10-12,14H2,1-2H3. The Labute approximate surface area is 139 Å². The fraction of sp³-hybridized carbons (Fsp3) is 0.632. The van der Waals surface area contributed by atoms with E-state index in [-0.39, 0.29) is 18.0 Å². The van der Waals surface area contributed by atoms with E-state index in [1.165, 1.54) is 25.7 Å². The quantitative estimate of drug-likeness (QED) is 0.710. The zero-order valence-electron chi connectivity index (χ0n) is 14.3. The monoisotopic (exact) mass is 319 g/mol. The zero-order chi connectivity index (χ0) is 16.7. The molecule has 1 aliphatic rings. The van der Waals surface area contributed by atoms with Crippen LogP contribution in [0.1, 0.15) is 64.4 Å². The van der Waals surface area contributed by atoms with Crippen LogP contribution in [0, 0.1) is 0 Å². The summed E-state index contributed by atoms with van der Waals surface area (Å²) in [5.41, 5.74) is 1.61. The van der Waals surface area contributed by atoms with Gasteiger partial charge in [0.15, 0.2) is 0 Å². The van der Waals surface area contributed by atoms with Crippen LogP contribution in [0.25, 0.3) is 0 Å². The van der Waals surface area contributed by atoms with Crippen molar-refractivity contribution in [2.24, 2.45) is 4.99 Å². The van der Waals surface area contributed by atoms with E-state index in [2.05, 4.69) is 18.8 Å². The number of rotatable bonds is 8. The Kier molecular flexibility index (Phi) is 6.46. The van der Waals surface area contributed by atoms with Crippen LogP contribution in [0.3, 0.4) is 0 Å². The molecular weight excluding hydrogens is 290 g/mol. The molecule has 1 aliphatic heterocycles. The first-order valence-corrected chi connectivity index (χ1v) is 8.74. The van der Waals surface area contributed by atoms with Crippen LogP contribution in [-0.2, 0) is 0 Å². The van der Waals surface area contributed by atoms with Crippen LogP contribution in [0.4, 0.5) is 0 Å². The van der Waals surface area contributed by atoms with Gasteiger partial charge in [-0.15, -0.1) is 0 Å². The molecule has 0 bridgehead atoms. The number of benzene rings is 1. The normalized spacial score (nSPS) is 22.0. The van der Waals surface area contributed by atoms with Crippen LogP contribution in [-0.4, -0.2) is 34.7 Å². The number of aromatic hydroxyl groups is 1. The van der Waals surface area contributed by atoms with E-state index in [0.29, 0.717) is 12.3 Å². The van der Waals surface area contributed by atoms with Crippen LogP contribution < -0.4 is 4.74 Å². The molecule has 23 heavy (non-hydrogen) atoms. The minimum absolute atomic E-state index is 0.0471. The van der Waals surface area contributed by atoms with Crippen molar-refractivity contribution in [3.05, 3.63) is 23.8 Å². The molecule has 0 saturated carbocycles. The lowest BCUT2D eigenvalue weighted by atomic mass is 9.86. The first kappa shape index (κ1) is 17.8. The number of aliphatic imine (C=N–C) groups is 1. The van der Waals surface area contributed by atoms with Crippen LogP contribution in [0.15, 0.2) is 23.2 Å². The molecule has 0 spiro atoms. The van der Waals surface area contributed by atoms with Crippen molar-refractivity contribution in [1.82, 2.24) is 0 Å². The highest BCUT2D eigenvalue weighted by Crippen LogP contribution is 2.38. The van der Waals surface area contributed by atoms with E-state index < -0.39 is 0 Å². The smallest absolute Gasteiger partial charge is 0.132 e. The topological polar surface area (TPSA) is 62.1 Å². The summed E-state index contributed by atoms with van der Waals surface area (Å²) in [6.07, 6.45) is 7.90. The number of unbranched alkanes of at least 4 members (excludes halogenated alkanes) is 4. The van der Waals surface area contributed by atoms with Gasteiger partial charge in [0.1, 0.15) is 17.1 Å². The molecule has 2 rings (SSSR count). The highest BCUT2D eigenvalue weighted by Gasteiger charge is 2.34. The summed E-state index contributed by atoms with van der Waals surface area (Å²) in [5.74, 6) is 0.904. The van der Waals surface area contributed by atoms with Gasteiger partial charge in [-0.25, -0.2) is 0 Å². The summed E-state index contributed by atoms with van der Waals surface area (Å²) in [6, 6.07) is 5.17. The molecule has 4 nitrogen and oxygen atoms in total. The number of nitrogens with zero attached hydrogens (tertiary/aromatic N) is 1. The maximum absolute atomic E-state index is 9.73. The van der Waals surface area contributed by atoms with Gasteiger partial charge in [0.05, 0.1) is 13.2 Å². The van der Waals surface area contributed by atoms with Crippen molar-refractivity contribution < 1.29 is 14.9 Å². The molecule has 1 aromatic carbocycles. The summed E-state index contributed by atoms with van der Waals surface area (Å²) < 4.78 is 6.21. The van der Waals surface area contributed by atoms with Crippen LogP contribution >= 0.6 is 0 Å². The Hall–Kier alpha value is -1.55. The summed E-state index contributed by atoms with van der Waals surface area (Å²) in [4.78, 5) is 4.53. The lowest BCUT2D eigenvalue weighted by molar-refractivity contribution is 0.0774. The maximum atomic E-state index is 9.73. The number of aliphatic hydroxyl groups excluding tert-OH is 1. The molecule has 2 N–H and O–H groups in total. The summed E-state index contributed by atoms with van der Waals surface area (Å²) in [7, 11) is 0. The number of phenols is 1. The molecule has 0 saturated heterocycles. The summed E-state index contributed by atoms with van der Waals surface area (Å²) >= 11 is 0. The van der Waals surface area contributed by atoms with Gasteiger partial charge in [0.25, 0.3) is 0 Å². The van der Waals surface area contributed by atoms with Gasteiger partial charge in [-0.1, -0.05) is 32.6 Å². The van der Waals surface area contributed by atoms with E-state index in [4.69, 9.17) is 9.84 Å². The number of ether oxygens (including phenoxy) is 1. The molecule has 0 aliphatic carbocycles. The van der Waals surface area contributed by atoms with E-state index in [1.807, 2.05) is 6.07 Å². The molecule has 0 aromatic heterocycles. The van der Waals surface area contributed by atoms with Crippen LogP contribution in [0.5, 0.6) is 11.5 Å². The van der Waals surface area contributed by atoms with E-state index in [9.17, 15) is 5.11 Å². The highest BCUT2D eigenvalue weighted by molar-refractivity contribution is 6.04. The summed E-state index contributed by atoms with van der Waals surface area (Å²) in [6.45, 7) is 4.79. The van der Waals surface area contributed by atoms with E-state index in [1.54, 1.807) is 12.1 Å². The zero-order valence-corrected chi connectivity index (χ0v) is 14.3. The third-order valence-electron chi connectivity index (χ3n) is 4.39. The molecule has 128 valence electrons. The molecule has 0 radical (unpaired) electrons. The largest absolute Gasteiger partial charge is 0.508 e. The molecule has 1 heterocycles. The van der Waals surface area contributed by atoms with Gasteiger partial charge in [-0.2, -0.15) is 0 Å². The molecule has 4 heteroatoms. The number of phenolic OH excluding ortho intramolecular Hbond substituents is 1. The first-order valence-electron chi connectivity index (χ1n) is 8.74. The predicted octanol–water partition coefficient (Wildman–Crippen LogP) is 4.08. The fourth-order valence-corrected chi connectivity index (χ4v) is 3.15. The molecule has 1 unspecified atom stereocenters. The molecule has 1 atom stereocenters. The Morgan fingerprint density at radius 3 is 2.74 bits per heavy atom. The predicted molar refractivity (Wildman–Crippen MR) is 93.6 cm³/mol. The fourth-order valence-electron chi connectivity index (χ4n) is 3.15. The molecule has 0 fully saturated rings. The minimum atomic E-state index is -0.290. The van der Waals surface area contributed by atoms with E-state index in [0.717, 1.165) is 30.5 Å². The lowest BCUT2D eigenvalue weighted by Crippen LogP contribution is -2.39. The van der Waals surface area contributed by atoms with Crippen molar-refractivity contribution in [3.8, 4) is 11.5 Å². The van der Waals surface area contributed by atoms with Crippen molar-refractivity contribution in [3.63, 3.8) is 0 Å². The average Bonchev–Trinajstić information content (AvgIpc) is 2.51. The van der Waals surface area contributed by atoms with Crippen LogP contribution in [0.2, 0.25) is 0 Å². The van der Waals surface area contributed by atoms with Gasteiger partial charge in [-0.05, 0) is 31.9 Å². The second-order valence-electron chi connectivity index (χ2n) is 6.63. The number of fused-ring (bicyclic) bond motifs is 1. The SMILES string of the molecule is CCCCCCCC1(C)CC(=NCCO)c2ccc(O)cc2O1. The van der Waals surface area contributed by atoms with Gasteiger partial charge in [0, 0.05) is 23.8 Å². The van der Waals surface area contributed by atoms with Gasteiger partial charge in [0.2, 0.25) is 0 Å².